The van der Waals surface area contributed by atoms with Crippen molar-refractivity contribution in [1.82, 2.24) is 0 Å². The molecule has 0 atom stereocenters. The number of hydrogen-bond acceptors (Lipinski definition) is 2. The molecule has 3 nitrogen and oxygen atoms in total. The van der Waals surface area contributed by atoms with E-state index in [2.05, 4.69) is 0 Å². The Morgan fingerprint density at radius 3 is 2.38 bits per heavy atom. The predicted octanol–water partition coefficient (Wildman–Crippen LogP) is 1.74. The van der Waals surface area contributed by atoms with Crippen molar-refractivity contribution in [3.05, 3.63) is 33.3 Å². The van der Waals surface area contributed by atoms with Crippen LogP contribution in [0.5, 0.6) is 0 Å². The second-order valence-corrected chi connectivity index (χ2v) is 3.27. The Morgan fingerprint density at radius 1 is 1.31 bits per heavy atom. The van der Waals surface area contributed by atoms with Crippen LogP contribution >= 0.6 is 23.2 Å². The van der Waals surface area contributed by atoms with Crippen LogP contribution in [0.25, 0.3) is 0 Å². The number of nitrogens with one attached hydrogen (secondary N) is 1. The van der Waals surface area contributed by atoms with Crippen molar-refractivity contribution in [3.8, 4) is 0 Å². The van der Waals surface area contributed by atoms with E-state index in [0.717, 1.165) is 5.56 Å². The van der Waals surface area contributed by atoms with Crippen molar-refractivity contribution in [2.75, 3.05) is 0 Å². The quantitative estimate of drug-likeness (QED) is 0.522. The Kier molecular flexibility index (Phi) is 3.14. The molecule has 0 saturated carbocycles. The van der Waals surface area contributed by atoms with Crippen LogP contribution in [0.2, 0.25) is 10.0 Å². The van der Waals surface area contributed by atoms with Gasteiger partial charge in [0.25, 0.3) is 0 Å². The van der Waals surface area contributed by atoms with E-state index in [0.29, 0.717) is 17.1 Å². The molecule has 0 aliphatic carbocycles. The molecule has 1 aromatic rings. The van der Waals surface area contributed by atoms with Crippen LogP contribution in [-0.2, 0) is 6.54 Å². The van der Waals surface area contributed by atoms with Crippen molar-refractivity contribution in [2.45, 2.75) is 6.54 Å². The van der Waals surface area contributed by atoms with Gasteiger partial charge in [-0.2, -0.15) is 0 Å². The maximum absolute atomic E-state index is 7.20. The van der Waals surface area contributed by atoms with E-state index in [1.165, 1.54) is 0 Å². The van der Waals surface area contributed by atoms with Gasteiger partial charge >= 0.3 is 0 Å². The van der Waals surface area contributed by atoms with Crippen molar-refractivity contribution in [3.63, 3.8) is 0 Å². The first-order valence-corrected chi connectivity index (χ1v) is 4.35. The normalized spacial score (nSPS) is 10.1. The molecule has 5 heteroatoms. The van der Waals surface area contributed by atoms with E-state index in [9.17, 15) is 0 Å². The molecular formula is C8H9Cl2N3. The number of rotatable bonds is 2. The zero-order valence-corrected chi connectivity index (χ0v) is 8.28. The monoisotopic (exact) mass is 217 g/mol. The fourth-order valence-corrected chi connectivity index (χ4v) is 1.48. The standard InChI is InChI=1S/C8H9Cl2N3/c9-6-4(3-11)1-2-5(7(6)10)8(12)13/h1-2H,3,11H2,(H3,12,13). The van der Waals surface area contributed by atoms with E-state index in [-0.39, 0.29) is 10.9 Å². The van der Waals surface area contributed by atoms with E-state index in [1.807, 2.05) is 0 Å². The fourth-order valence-electron chi connectivity index (χ4n) is 0.955. The summed E-state index contributed by atoms with van der Waals surface area (Å²) in [4.78, 5) is 0. The number of benzene rings is 1. The summed E-state index contributed by atoms with van der Waals surface area (Å²) in [6.45, 7) is 0.316. The first-order valence-electron chi connectivity index (χ1n) is 3.59. The van der Waals surface area contributed by atoms with Crippen LogP contribution < -0.4 is 11.5 Å². The van der Waals surface area contributed by atoms with Crippen molar-refractivity contribution >= 4 is 29.0 Å². The summed E-state index contributed by atoms with van der Waals surface area (Å²) in [7, 11) is 0. The molecule has 0 heterocycles. The molecule has 0 aliphatic heterocycles. The maximum Gasteiger partial charge on any atom is 0.124 e. The summed E-state index contributed by atoms with van der Waals surface area (Å²) in [5.74, 6) is -0.101. The summed E-state index contributed by atoms with van der Waals surface area (Å²) in [6.07, 6.45) is 0. The highest BCUT2D eigenvalue weighted by molar-refractivity contribution is 6.44. The van der Waals surface area contributed by atoms with Gasteiger partial charge in [0.2, 0.25) is 0 Å². The third kappa shape index (κ3) is 1.94. The van der Waals surface area contributed by atoms with Gasteiger partial charge in [-0.1, -0.05) is 29.3 Å². The van der Waals surface area contributed by atoms with Crippen molar-refractivity contribution in [1.29, 1.82) is 5.41 Å². The topological polar surface area (TPSA) is 75.9 Å². The molecule has 0 radical (unpaired) electrons. The minimum Gasteiger partial charge on any atom is -0.384 e. The molecule has 0 bridgehead atoms. The van der Waals surface area contributed by atoms with Gasteiger partial charge in [0.15, 0.2) is 0 Å². The molecule has 0 saturated heterocycles. The lowest BCUT2D eigenvalue weighted by molar-refractivity contribution is 1.07. The smallest absolute Gasteiger partial charge is 0.124 e. The predicted molar refractivity (Wildman–Crippen MR) is 55.4 cm³/mol. The highest BCUT2D eigenvalue weighted by atomic mass is 35.5. The van der Waals surface area contributed by atoms with Gasteiger partial charge < -0.3 is 11.5 Å². The highest BCUT2D eigenvalue weighted by Gasteiger charge is 2.10. The molecule has 13 heavy (non-hydrogen) atoms. The molecule has 1 rings (SSSR count). The highest BCUT2D eigenvalue weighted by Crippen LogP contribution is 2.28. The molecule has 5 N–H and O–H groups in total. The molecule has 0 fully saturated rings. The number of nitrogens with two attached hydrogens (primary N) is 2. The summed E-state index contributed by atoms with van der Waals surface area (Å²) in [6, 6.07) is 3.35. The SMILES string of the molecule is N=C(N)c1ccc(CN)c(Cl)c1Cl. The van der Waals surface area contributed by atoms with Crippen molar-refractivity contribution < 1.29 is 0 Å². The molecule has 70 valence electrons. The summed E-state index contributed by atoms with van der Waals surface area (Å²) in [5, 5.41) is 7.86. The van der Waals surface area contributed by atoms with Crippen molar-refractivity contribution in [2.24, 2.45) is 11.5 Å². The average Bonchev–Trinajstić information content (AvgIpc) is 2.09. The van der Waals surface area contributed by atoms with Gasteiger partial charge in [-0.3, -0.25) is 5.41 Å². The number of nitrogen functional groups attached to an aromatic ring is 1. The van der Waals surface area contributed by atoms with E-state index >= 15 is 0 Å². The molecule has 0 amide bonds. The molecule has 0 aliphatic rings. The number of amidine groups is 1. The van der Waals surface area contributed by atoms with Gasteiger partial charge in [-0.15, -0.1) is 0 Å². The second-order valence-electron chi connectivity index (χ2n) is 2.52. The lowest BCUT2D eigenvalue weighted by Crippen LogP contribution is -2.12. The molecule has 0 aromatic heterocycles. The van der Waals surface area contributed by atoms with Crippen LogP contribution in [0.3, 0.4) is 0 Å². The third-order valence-electron chi connectivity index (χ3n) is 1.67. The molecule has 1 aromatic carbocycles. The minimum atomic E-state index is -0.101. The van der Waals surface area contributed by atoms with E-state index in [4.69, 9.17) is 40.1 Å². The van der Waals surface area contributed by atoms with Crippen LogP contribution in [0.1, 0.15) is 11.1 Å². The Morgan fingerprint density at radius 2 is 1.92 bits per heavy atom. The Labute approximate surface area is 86.1 Å². The zero-order chi connectivity index (χ0) is 10.0. The first-order chi connectivity index (χ1) is 6.07. The maximum atomic E-state index is 7.20. The van der Waals surface area contributed by atoms with Gasteiger partial charge in [0.1, 0.15) is 5.84 Å². The Bertz CT molecular complexity index is 349. The third-order valence-corrected chi connectivity index (χ3v) is 2.59. The summed E-state index contributed by atoms with van der Waals surface area (Å²) >= 11 is 11.7. The minimum absolute atomic E-state index is 0.101. The van der Waals surface area contributed by atoms with Gasteiger partial charge in [0.05, 0.1) is 10.0 Å². The Balaban J connectivity index is 3.31. The lowest BCUT2D eigenvalue weighted by atomic mass is 10.1. The molecule has 0 unspecified atom stereocenters. The lowest BCUT2D eigenvalue weighted by Gasteiger charge is -2.07. The van der Waals surface area contributed by atoms with Gasteiger partial charge in [-0.25, -0.2) is 0 Å². The fraction of sp³-hybridized carbons (Fsp3) is 0.125. The largest absolute Gasteiger partial charge is 0.384 e. The van der Waals surface area contributed by atoms with Crippen LogP contribution in [-0.4, -0.2) is 5.84 Å². The number of hydrogen-bond donors (Lipinski definition) is 3. The first kappa shape index (κ1) is 10.3. The van der Waals surface area contributed by atoms with Crippen LogP contribution in [0, 0.1) is 5.41 Å². The Hall–Kier alpha value is -0.770. The summed E-state index contributed by atoms with van der Waals surface area (Å²) < 4.78 is 0. The van der Waals surface area contributed by atoms with Crippen LogP contribution in [0.4, 0.5) is 0 Å². The van der Waals surface area contributed by atoms with E-state index in [1.54, 1.807) is 12.1 Å². The molecule has 0 spiro atoms. The summed E-state index contributed by atoms with van der Waals surface area (Å²) in [5.41, 5.74) is 11.9. The van der Waals surface area contributed by atoms with Crippen LogP contribution in [0.15, 0.2) is 12.1 Å². The number of halogens is 2. The average molecular weight is 218 g/mol. The van der Waals surface area contributed by atoms with E-state index < -0.39 is 0 Å². The molecular weight excluding hydrogens is 209 g/mol. The van der Waals surface area contributed by atoms with Gasteiger partial charge in [-0.05, 0) is 11.6 Å². The second kappa shape index (κ2) is 3.96. The zero-order valence-electron chi connectivity index (χ0n) is 6.77. The van der Waals surface area contributed by atoms with Gasteiger partial charge in [0, 0.05) is 12.1 Å².